The monoisotopic (exact) mass is 275 g/mol. The van der Waals surface area contributed by atoms with Crippen molar-refractivity contribution in [3.63, 3.8) is 0 Å². The van der Waals surface area contributed by atoms with Gasteiger partial charge in [0.25, 0.3) is 0 Å². The number of hydrogen-bond donors (Lipinski definition) is 1. The molecule has 0 saturated carbocycles. The van der Waals surface area contributed by atoms with Crippen LogP contribution >= 0.6 is 0 Å². The number of rotatable bonds is 0. The molecule has 0 aliphatic heterocycles. The molecular formula is C17H25NO2. The normalized spacial score (nSPS) is 18.0. The molecule has 0 aromatic carbocycles. The highest BCUT2D eigenvalue weighted by Crippen LogP contribution is 2.19. The van der Waals surface area contributed by atoms with E-state index in [-0.39, 0.29) is 7.43 Å². The van der Waals surface area contributed by atoms with Gasteiger partial charge in [-0.3, -0.25) is 9.59 Å². The zero-order valence-electron chi connectivity index (χ0n) is 11.3. The Bertz CT molecular complexity index is 471. The molecule has 3 nitrogen and oxygen atoms in total. The number of nitrogens with one attached hydrogen (secondary N) is 1. The Hall–Kier alpha value is -1.64. The number of aromatic amines is 1. The van der Waals surface area contributed by atoms with Crippen molar-refractivity contribution in [2.45, 2.75) is 58.8 Å². The van der Waals surface area contributed by atoms with E-state index in [0.717, 1.165) is 50.5 Å². The van der Waals surface area contributed by atoms with Gasteiger partial charge in [0, 0.05) is 30.8 Å². The molecule has 1 aromatic heterocycles. The smallest absolute Gasteiger partial charge is 0.164 e. The minimum atomic E-state index is 0. The van der Waals surface area contributed by atoms with Crippen LogP contribution in [0, 0.1) is 0 Å². The van der Waals surface area contributed by atoms with Gasteiger partial charge in [0.05, 0.1) is 0 Å². The highest BCUT2D eigenvalue weighted by molar-refractivity contribution is 5.97. The highest BCUT2D eigenvalue weighted by Gasteiger charge is 2.15. The van der Waals surface area contributed by atoms with E-state index in [0.29, 0.717) is 11.6 Å². The first-order valence-corrected chi connectivity index (χ1v) is 7.15. The zero-order valence-corrected chi connectivity index (χ0v) is 11.3. The molecule has 1 N–H and O–H groups in total. The average molecular weight is 275 g/mol. The van der Waals surface area contributed by atoms with Crippen LogP contribution in [0.25, 0.3) is 0 Å². The summed E-state index contributed by atoms with van der Waals surface area (Å²) in [6.07, 6.45) is 15.5. The van der Waals surface area contributed by atoms with Crippen molar-refractivity contribution in [3.05, 3.63) is 35.7 Å². The van der Waals surface area contributed by atoms with Gasteiger partial charge in [-0.2, -0.15) is 0 Å². The van der Waals surface area contributed by atoms with Crippen LogP contribution in [0.5, 0.6) is 0 Å². The molecule has 110 valence electrons. The highest BCUT2D eigenvalue weighted by atomic mass is 16.1. The molecule has 3 heteroatoms. The Kier molecular flexibility index (Phi) is 6.99. The summed E-state index contributed by atoms with van der Waals surface area (Å²) in [5.74, 6) is 0.598. The predicted molar refractivity (Wildman–Crippen MR) is 82.0 cm³/mol. The van der Waals surface area contributed by atoms with Gasteiger partial charge in [0.2, 0.25) is 0 Å². The van der Waals surface area contributed by atoms with Crippen LogP contribution in [0.3, 0.4) is 0 Å². The third-order valence-electron chi connectivity index (χ3n) is 3.58. The predicted octanol–water partition coefficient (Wildman–Crippen LogP) is 4.25. The number of aromatic nitrogens is 1. The number of allylic oxidation sites excluding steroid dienone is 2. The van der Waals surface area contributed by atoms with Crippen molar-refractivity contribution >= 4 is 11.6 Å². The second kappa shape index (κ2) is 8.51. The number of Topliss-reactive ketones (excluding diaryl/α,β-unsaturated/α-hetero) is 1. The quantitative estimate of drug-likeness (QED) is 0.720. The Balaban J connectivity index is 0.000000200. The Labute approximate surface area is 121 Å². The van der Waals surface area contributed by atoms with Crippen molar-refractivity contribution in [2.24, 2.45) is 0 Å². The maximum atomic E-state index is 11.3. The van der Waals surface area contributed by atoms with Crippen LogP contribution in [0.4, 0.5) is 0 Å². The molecule has 0 fully saturated rings. The first-order chi connectivity index (χ1) is 9.27. The number of carbonyl (C=O) groups is 2. The lowest BCUT2D eigenvalue weighted by atomic mass is 10.1. The van der Waals surface area contributed by atoms with E-state index in [2.05, 4.69) is 4.98 Å². The SMILES string of the molecule is C.O=C1C=CCCCC1.O=C1CCCCc2c[nH]cc21. The first kappa shape index (κ1) is 16.4. The lowest BCUT2D eigenvalue weighted by molar-refractivity contribution is -0.114. The molecule has 1 heterocycles. The van der Waals surface area contributed by atoms with Gasteiger partial charge in [-0.05, 0) is 50.2 Å². The average Bonchev–Trinajstić information content (AvgIpc) is 2.65. The van der Waals surface area contributed by atoms with E-state index in [1.807, 2.05) is 18.5 Å². The third-order valence-corrected chi connectivity index (χ3v) is 3.58. The van der Waals surface area contributed by atoms with Gasteiger partial charge in [-0.15, -0.1) is 0 Å². The number of carbonyl (C=O) groups excluding carboxylic acids is 2. The third kappa shape index (κ3) is 4.80. The first-order valence-electron chi connectivity index (χ1n) is 7.15. The number of H-pyrrole nitrogens is 1. The van der Waals surface area contributed by atoms with Crippen LogP contribution in [-0.2, 0) is 11.2 Å². The van der Waals surface area contributed by atoms with E-state index in [4.69, 9.17) is 0 Å². The minimum absolute atomic E-state index is 0. The summed E-state index contributed by atoms with van der Waals surface area (Å²) < 4.78 is 0. The molecule has 0 unspecified atom stereocenters. The summed E-state index contributed by atoms with van der Waals surface area (Å²) in [4.78, 5) is 24.9. The molecule has 20 heavy (non-hydrogen) atoms. The molecule has 0 bridgehead atoms. The van der Waals surface area contributed by atoms with Crippen molar-refractivity contribution in [3.8, 4) is 0 Å². The van der Waals surface area contributed by atoms with Crippen LogP contribution in [-0.4, -0.2) is 16.6 Å². The lowest BCUT2D eigenvalue weighted by Crippen LogP contribution is -1.95. The number of fused-ring (bicyclic) bond motifs is 1. The standard InChI is InChI=1S/C9H11NO.C7H10O.CH4/c11-9-4-2-1-3-7-5-10-6-8(7)9;8-7-5-3-1-2-4-6-7;/h5-6,10H,1-4H2;3,5H,1-2,4,6H2;1H4. The second-order valence-corrected chi connectivity index (χ2v) is 5.14. The summed E-state index contributed by atoms with van der Waals surface area (Å²) in [7, 11) is 0. The van der Waals surface area contributed by atoms with Gasteiger partial charge in [-0.1, -0.05) is 13.5 Å². The van der Waals surface area contributed by atoms with Gasteiger partial charge in [-0.25, -0.2) is 0 Å². The molecule has 1 aromatic rings. The van der Waals surface area contributed by atoms with E-state index in [9.17, 15) is 9.59 Å². The summed E-state index contributed by atoms with van der Waals surface area (Å²) in [6.45, 7) is 0. The molecule has 0 spiro atoms. The Morgan fingerprint density at radius 1 is 0.900 bits per heavy atom. The number of aryl methyl sites for hydroxylation is 1. The Morgan fingerprint density at radius 2 is 1.65 bits per heavy atom. The Morgan fingerprint density at radius 3 is 2.50 bits per heavy atom. The van der Waals surface area contributed by atoms with E-state index in [1.54, 1.807) is 6.08 Å². The fourth-order valence-corrected chi connectivity index (χ4v) is 2.46. The summed E-state index contributed by atoms with van der Waals surface area (Å²) >= 11 is 0. The largest absolute Gasteiger partial charge is 0.367 e. The molecule has 3 rings (SSSR count). The minimum Gasteiger partial charge on any atom is -0.367 e. The zero-order chi connectivity index (χ0) is 13.5. The summed E-state index contributed by atoms with van der Waals surface area (Å²) in [6, 6.07) is 0. The van der Waals surface area contributed by atoms with Crippen LogP contribution in [0.1, 0.15) is 68.3 Å². The van der Waals surface area contributed by atoms with E-state index >= 15 is 0 Å². The summed E-state index contributed by atoms with van der Waals surface area (Å²) in [5.41, 5.74) is 2.12. The molecule has 2 aliphatic rings. The number of hydrogen-bond acceptors (Lipinski definition) is 2. The van der Waals surface area contributed by atoms with Gasteiger partial charge in [0.1, 0.15) is 0 Å². The molecular weight excluding hydrogens is 250 g/mol. The molecule has 0 saturated heterocycles. The van der Waals surface area contributed by atoms with Crippen molar-refractivity contribution < 1.29 is 9.59 Å². The molecule has 0 atom stereocenters. The topological polar surface area (TPSA) is 49.9 Å². The molecule has 0 amide bonds. The fraction of sp³-hybridized carbons (Fsp3) is 0.529. The second-order valence-electron chi connectivity index (χ2n) is 5.14. The fourth-order valence-electron chi connectivity index (χ4n) is 2.46. The summed E-state index contributed by atoms with van der Waals surface area (Å²) in [5, 5.41) is 0. The molecule has 2 aliphatic carbocycles. The van der Waals surface area contributed by atoms with Crippen molar-refractivity contribution in [1.82, 2.24) is 4.98 Å². The van der Waals surface area contributed by atoms with E-state index in [1.165, 1.54) is 12.0 Å². The molecule has 0 radical (unpaired) electrons. The van der Waals surface area contributed by atoms with Crippen molar-refractivity contribution in [2.75, 3.05) is 0 Å². The van der Waals surface area contributed by atoms with Gasteiger partial charge in [0.15, 0.2) is 11.6 Å². The van der Waals surface area contributed by atoms with Crippen LogP contribution in [0.15, 0.2) is 24.5 Å². The van der Waals surface area contributed by atoms with Crippen LogP contribution in [0.2, 0.25) is 0 Å². The van der Waals surface area contributed by atoms with Gasteiger partial charge < -0.3 is 4.98 Å². The maximum Gasteiger partial charge on any atom is 0.164 e. The van der Waals surface area contributed by atoms with E-state index < -0.39 is 0 Å². The van der Waals surface area contributed by atoms with Gasteiger partial charge >= 0.3 is 0 Å². The van der Waals surface area contributed by atoms with Crippen LogP contribution < -0.4 is 0 Å². The number of ketones is 2. The lowest BCUT2D eigenvalue weighted by Gasteiger charge is -1.92. The maximum absolute atomic E-state index is 11.3. The van der Waals surface area contributed by atoms with Crippen molar-refractivity contribution in [1.29, 1.82) is 0 Å².